The Hall–Kier alpha value is -0.410. The van der Waals surface area contributed by atoms with Gasteiger partial charge in [0.1, 0.15) is 0 Å². The van der Waals surface area contributed by atoms with E-state index in [0.29, 0.717) is 0 Å². The third-order valence-corrected chi connectivity index (χ3v) is 4.32. The summed E-state index contributed by atoms with van der Waals surface area (Å²) in [6.07, 6.45) is 9.53. The van der Waals surface area contributed by atoms with Crippen molar-refractivity contribution in [3.63, 3.8) is 0 Å². The maximum Gasteiger partial charge on any atom is 0.0940 e. The molecular weight excluding hydrogens is 216 g/mol. The Morgan fingerprint density at radius 3 is 2.69 bits per heavy atom. The SMILES string of the molecule is Cc1csc(CCNC2CCCCCC2)n1. The molecule has 0 spiro atoms. The average molecular weight is 238 g/mol. The van der Waals surface area contributed by atoms with Gasteiger partial charge in [-0.25, -0.2) is 4.98 Å². The largest absolute Gasteiger partial charge is 0.314 e. The fraction of sp³-hybridized carbons (Fsp3) is 0.769. The second kappa shape index (κ2) is 6.36. The number of hydrogen-bond donors (Lipinski definition) is 1. The van der Waals surface area contributed by atoms with Crippen molar-refractivity contribution in [1.29, 1.82) is 0 Å². The summed E-state index contributed by atoms with van der Waals surface area (Å²) in [5.74, 6) is 0. The Morgan fingerprint density at radius 2 is 2.06 bits per heavy atom. The predicted octanol–water partition coefficient (Wildman–Crippen LogP) is 3.31. The van der Waals surface area contributed by atoms with Crippen molar-refractivity contribution in [2.45, 2.75) is 57.9 Å². The molecule has 0 saturated heterocycles. The Morgan fingerprint density at radius 1 is 1.31 bits per heavy atom. The summed E-state index contributed by atoms with van der Waals surface area (Å²) < 4.78 is 0. The third-order valence-electron chi connectivity index (χ3n) is 3.29. The molecule has 2 rings (SSSR count). The summed E-state index contributed by atoms with van der Waals surface area (Å²) in [6.45, 7) is 3.16. The molecule has 1 aromatic rings. The molecule has 1 heterocycles. The molecule has 0 unspecified atom stereocenters. The highest BCUT2D eigenvalue weighted by Crippen LogP contribution is 2.17. The Bertz CT molecular complexity index is 301. The number of rotatable bonds is 4. The lowest BCUT2D eigenvalue weighted by atomic mass is 10.1. The quantitative estimate of drug-likeness (QED) is 0.814. The molecule has 1 aliphatic rings. The van der Waals surface area contributed by atoms with Gasteiger partial charge >= 0.3 is 0 Å². The minimum absolute atomic E-state index is 0.767. The van der Waals surface area contributed by atoms with E-state index in [-0.39, 0.29) is 0 Å². The molecule has 0 radical (unpaired) electrons. The molecule has 16 heavy (non-hydrogen) atoms. The topological polar surface area (TPSA) is 24.9 Å². The van der Waals surface area contributed by atoms with Crippen LogP contribution in [0.2, 0.25) is 0 Å². The molecule has 0 atom stereocenters. The van der Waals surface area contributed by atoms with Crippen LogP contribution in [0.1, 0.15) is 49.2 Å². The Kier molecular flexibility index (Phi) is 4.79. The number of hydrogen-bond acceptors (Lipinski definition) is 3. The Balaban J connectivity index is 1.67. The van der Waals surface area contributed by atoms with Crippen LogP contribution in [0, 0.1) is 6.92 Å². The summed E-state index contributed by atoms with van der Waals surface area (Å²) >= 11 is 1.79. The number of aryl methyl sites for hydroxylation is 1. The van der Waals surface area contributed by atoms with Crippen molar-refractivity contribution in [1.82, 2.24) is 10.3 Å². The molecule has 1 fully saturated rings. The van der Waals surface area contributed by atoms with E-state index in [4.69, 9.17) is 0 Å². The van der Waals surface area contributed by atoms with Crippen molar-refractivity contribution in [2.75, 3.05) is 6.54 Å². The molecule has 90 valence electrons. The van der Waals surface area contributed by atoms with Crippen molar-refractivity contribution >= 4 is 11.3 Å². The van der Waals surface area contributed by atoms with Crippen molar-refractivity contribution < 1.29 is 0 Å². The molecule has 0 aromatic carbocycles. The molecule has 0 aliphatic heterocycles. The van der Waals surface area contributed by atoms with Gasteiger partial charge < -0.3 is 5.32 Å². The van der Waals surface area contributed by atoms with Gasteiger partial charge in [-0.05, 0) is 19.8 Å². The van der Waals surface area contributed by atoms with Crippen molar-refractivity contribution in [3.8, 4) is 0 Å². The lowest BCUT2D eigenvalue weighted by Crippen LogP contribution is -2.30. The number of aromatic nitrogens is 1. The highest BCUT2D eigenvalue weighted by molar-refractivity contribution is 7.09. The van der Waals surface area contributed by atoms with Gasteiger partial charge in [0, 0.05) is 30.1 Å². The fourth-order valence-corrected chi connectivity index (χ4v) is 3.16. The molecule has 2 nitrogen and oxygen atoms in total. The lowest BCUT2D eigenvalue weighted by Gasteiger charge is -2.15. The van der Waals surface area contributed by atoms with Gasteiger partial charge in [0.05, 0.1) is 5.01 Å². The van der Waals surface area contributed by atoms with Crippen LogP contribution in [0.15, 0.2) is 5.38 Å². The molecule has 1 saturated carbocycles. The van der Waals surface area contributed by atoms with Gasteiger partial charge in [0.25, 0.3) is 0 Å². The van der Waals surface area contributed by atoms with Crippen LogP contribution in [0.25, 0.3) is 0 Å². The smallest absolute Gasteiger partial charge is 0.0940 e. The van der Waals surface area contributed by atoms with Gasteiger partial charge in [-0.3, -0.25) is 0 Å². The zero-order valence-electron chi connectivity index (χ0n) is 10.2. The van der Waals surface area contributed by atoms with Gasteiger partial charge in [-0.2, -0.15) is 0 Å². The van der Waals surface area contributed by atoms with E-state index in [1.54, 1.807) is 11.3 Å². The first kappa shape index (κ1) is 12.1. The maximum absolute atomic E-state index is 4.49. The van der Waals surface area contributed by atoms with E-state index < -0.39 is 0 Å². The van der Waals surface area contributed by atoms with Gasteiger partial charge in [-0.15, -0.1) is 11.3 Å². The highest BCUT2D eigenvalue weighted by Gasteiger charge is 2.11. The van der Waals surface area contributed by atoms with Gasteiger partial charge in [0.2, 0.25) is 0 Å². The van der Waals surface area contributed by atoms with E-state index >= 15 is 0 Å². The number of thiazole rings is 1. The van der Waals surface area contributed by atoms with Crippen LogP contribution >= 0.6 is 11.3 Å². The van der Waals surface area contributed by atoms with E-state index in [0.717, 1.165) is 24.7 Å². The van der Waals surface area contributed by atoms with E-state index in [1.165, 1.54) is 43.5 Å². The van der Waals surface area contributed by atoms with Crippen LogP contribution in [0.4, 0.5) is 0 Å². The predicted molar refractivity (Wildman–Crippen MR) is 70.0 cm³/mol. The molecule has 1 N–H and O–H groups in total. The van der Waals surface area contributed by atoms with Gasteiger partial charge in [0.15, 0.2) is 0 Å². The zero-order chi connectivity index (χ0) is 11.2. The van der Waals surface area contributed by atoms with E-state index in [2.05, 4.69) is 22.6 Å². The van der Waals surface area contributed by atoms with Gasteiger partial charge in [-0.1, -0.05) is 25.7 Å². The summed E-state index contributed by atoms with van der Waals surface area (Å²) in [5.41, 5.74) is 1.16. The van der Waals surface area contributed by atoms with Crippen molar-refractivity contribution in [3.05, 3.63) is 16.1 Å². The van der Waals surface area contributed by atoms with Crippen LogP contribution in [-0.2, 0) is 6.42 Å². The van der Waals surface area contributed by atoms with Crippen molar-refractivity contribution in [2.24, 2.45) is 0 Å². The molecule has 0 bridgehead atoms. The first-order chi connectivity index (χ1) is 7.84. The average Bonchev–Trinajstić information content (AvgIpc) is 2.54. The monoisotopic (exact) mass is 238 g/mol. The van der Waals surface area contributed by atoms with Crippen LogP contribution in [-0.4, -0.2) is 17.6 Å². The van der Waals surface area contributed by atoms with Crippen LogP contribution < -0.4 is 5.32 Å². The molecule has 3 heteroatoms. The number of nitrogens with zero attached hydrogens (tertiary/aromatic N) is 1. The molecule has 1 aliphatic carbocycles. The fourth-order valence-electron chi connectivity index (χ4n) is 2.38. The summed E-state index contributed by atoms with van der Waals surface area (Å²) in [7, 11) is 0. The van der Waals surface area contributed by atoms with Crippen LogP contribution in [0.5, 0.6) is 0 Å². The maximum atomic E-state index is 4.49. The summed E-state index contributed by atoms with van der Waals surface area (Å²) in [4.78, 5) is 4.49. The van der Waals surface area contributed by atoms with E-state index in [1.807, 2.05) is 0 Å². The zero-order valence-corrected chi connectivity index (χ0v) is 11.0. The van der Waals surface area contributed by atoms with E-state index in [9.17, 15) is 0 Å². The number of nitrogens with one attached hydrogen (secondary N) is 1. The summed E-state index contributed by atoms with van der Waals surface area (Å²) in [5, 5.41) is 7.10. The second-order valence-electron chi connectivity index (χ2n) is 4.78. The van der Waals surface area contributed by atoms with Crippen LogP contribution in [0.3, 0.4) is 0 Å². The normalized spacial score (nSPS) is 18.6. The Labute approximate surface area is 102 Å². The second-order valence-corrected chi connectivity index (χ2v) is 5.72. The first-order valence-electron chi connectivity index (χ1n) is 6.49. The highest BCUT2D eigenvalue weighted by atomic mass is 32.1. The first-order valence-corrected chi connectivity index (χ1v) is 7.37. The third kappa shape index (κ3) is 3.87. The lowest BCUT2D eigenvalue weighted by molar-refractivity contribution is 0.463. The minimum atomic E-state index is 0.767. The molecule has 1 aromatic heterocycles. The minimum Gasteiger partial charge on any atom is -0.314 e. The standard InChI is InChI=1S/C13H22N2S/c1-11-10-16-13(15-11)8-9-14-12-6-4-2-3-5-7-12/h10,12,14H,2-9H2,1H3. The molecule has 0 amide bonds. The summed E-state index contributed by atoms with van der Waals surface area (Å²) in [6, 6.07) is 0.767. The molecular formula is C13H22N2S.